The van der Waals surface area contributed by atoms with Gasteiger partial charge in [-0.05, 0) is 23.8 Å². The summed E-state index contributed by atoms with van der Waals surface area (Å²) >= 11 is 0. The van der Waals surface area contributed by atoms with Gasteiger partial charge >= 0.3 is 0 Å². The molecule has 0 aliphatic rings. The van der Waals surface area contributed by atoms with Gasteiger partial charge in [0.05, 0.1) is 21.3 Å². The fourth-order valence-corrected chi connectivity index (χ4v) is 1.94. The molecule has 0 fully saturated rings. The second-order valence-corrected chi connectivity index (χ2v) is 4.19. The van der Waals surface area contributed by atoms with Gasteiger partial charge in [0.15, 0.2) is 11.5 Å². The average Bonchev–Trinajstić information content (AvgIpc) is 2.52. The molecule has 0 bridgehead atoms. The van der Waals surface area contributed by atoms with Crippen molar-refractivity contribution in [1.29, 1.82) is 0 Å². The molecule has 0 aromatic heterocycles. The van der Waals surface area contributed by atoms with Gasteiger partial charge in [0.1, 0.15) is 5.75 Å². The molecule has 0 radical (unpaired) electrons. The smallest absolute Gasteiger partial charge is 0.167 e. The zero-order chi connectivity index (χ0) is 14.4. The van der Waals surface area contributed by atoms with E-state index in [1.165, 1.54) is 0 Å². The molecule has 2 aromatic carbocycles. The van der Waals surface area contributed by atoms with Crippen molar-refractivity contribution in [2.24, 2.45) is 0 Å². The molecule has 0 aliphatic heterocycles. The molecule has 2 aromatic rings. The van der Waals surface area contributed by atoms with E-state index in [-0.39, 0.29) is 0 Å². The van der Waals surface area contributed by atoms with Gasteiger partial charge in [-0.25, -0.2) is 0 Å². The van der Waals surface area contributed by atoms with Gasteiger partial charge in [0.2, 0.25) is 0 Å². The van der Waals surface area contributed by atoms with Crippen LogP contribution in [0.1, 0.15) is 11.1 Å². The number of para-hydroxylation sites is 1. The molecule has 0 amide bonds. The molecular weight excluding hydrogens is 252 g/mol. The fourth-order valence-electron chi connectivity index (χ4n) is 1.94. The van der Waals surface area contributed by atoms with Crippen molar-refractivity contribution >= 4 is 12.2 Å². The minimum atomic E-state index is 0.726. The van der Waals surface area contributed by atoms with Gasteiger partial charge in [-0.1, -0.05) is 36.4 Å². The molecule has 0 unspecified atom stereocenters. The van der Waals surface area contributed by atoms with E-state index in [4.69, 9.17) is 14.2 Å². The standard InChI is InChI=1S/C17H18O3/c1-18-15-11-8-13(9-12-15)7-10-14-5-4-6-16(19-2)17(14)20-3/h4-12H,1-3H3/b10-7+. The molecule has 3 heteroatoms. The predicted octanol–water partition coefficient (Wildman–Crippen LogP) is 3.88. The maximum atomic E-state index is 5.40. The Balaban J connectivity index is 2.26. The Morgan fingerprint density at radius 3 is 2.10 bits per heavy atom. The van der Waals surface area contributed by atoms with Crippen LogP contribution in [0.3, 0.4) is 0 Å². The van der Waals surface area contributed by atoms with Gasteiger partial charge in [-0.3, -0.25) is 0 Å². The lowest BCUT2D eigenvalue weighted by atomic mass is 10.1. The molecule has 0 aliphatic carbocycles. The molecule has 104 valence electrons. The number of ether oxygens (including phenoxy) is 3. The second kappa shape index (κ2) is 6.66. The van der Waals surface area contributed by atoms with E-state index in [1.807, 2.05) is 54.6 Å². The first-order valence-corrected chi connectivity index (χ1v) is 6.31. The molecule has 2 rings (SSSR count). The van der Waals surface area contributed by atoms with Crippen LogP contribution in [0.4, 0.5) is 0 Å². The van der Waals surface area contributed by atoms with Crippen LogP contribution in [-0.4, -0.2) is 21.3 Å². The Kier molecular flexibility index (Phi) is 4.66. The number of hydrogen-bond acceptors (Lipinski definition) is 3. The van der Waals surface area contributed by atoms with Crippen LogP contribution in [0.5, 0.6) is 17.2 Å². The summed E-state index contributed by atoms with van der Waals surface area (Å²) in [4.78, 5) is 0. The summed E-state index contributed by atoms with van der Waals surface area (Å²) in [6, 6.07) is 13.7. The summed E-state index contributed by atoms with van der Waals surface area (Å²) in [7, 11) is 4.93. The van der Waals surface area contributed by atoms with Crippen LogP contribution in [0, 0.1) is 0 Å². The average molecular weight is 270 g/mol. The van der Waals surface area contributed by atoms with E-state index >= 15 is 0 Å². The molecule has 20 heavy (non-hydrogen) atoms. The number of benzene rings is 2. The van der Waals surface area contributed by atoms with E-state index in [2.05, 4.69) is 0 Å². The second-order valence-electron chi connectivity index (χ2n) is 4.19. The summed E-state index contributed by atoms with van der Waals surface area (Å²) in [5, 5.41) is 0. The predicted molar refractivity (Wildman–Crippen MR) is 81.5 cm³/mol. The summed E-state index contributed by atoms with van der Waals surface area (Å²) in [5.74, 6) is 2.31. The van der Waals surface area contributed by atoms with Crippen LogP contribution in [-0.2, 0) is 0 Å². The number of methoxy groups -OCH3 is 3. The molecule has 0 spiro atoms. The topological polar surface area (TPSA) is 27.7 Å². The van der Waals surface area contributed by atoms with E-state index < -0.39 is 0 Å². The third kappa shape index (κ3) is 3.12. The first-order chi connectivity index (χ1) is 9.78. The SMILES string of the molecule is COc1ccc(/C=C/c2cccc(OC)c2OC)cc1. The quantitative estimate of drug-likeness (QED) is 0.772. The lowest BCUT2D eigenvalue weighted by Gasteiger charge is -2.09. The molecule has 3 nitrogen and oxygen atoms in total. The van der Waals surface area contributed by atoms with Crippen molar-refractivity contribution in [1.82, 2.24) is 0 Å². The van der Waals surface area contributed by atoms with Crippen LogP contribution in [0.15, 0.2) is 42.5 Å². The van der Waals surface area contributed by atoms with Gasteiger partial charge in [0.25, 0.3) is 0 Å². The summed E-state index contributed by atoms with van der Waals surface area (Å²) in [5.41, 5.74) is 2.07. The van der Waals surface area contributed by atoms with E-state index in [0.717, 1.165) is 28.4 Å². The minimum Gasteiger partial charge on any atom is -0.497 e. The van der Waals surface area contributed by atoms with E-state index in [0.29, 0.717) is 0 Å². The number of hydrogen-bond donors (Lipinski definition) is 0. The molecule has 0 atom stereocenters. The van der Waals surface area contributed by atoms with Crippen molar-refractivity contribution in [3.05, 3.63) is 53.6 Å². The van der Waals surface area contributed by atoms with Crippen LogP contribution < -0.4 is 14.2 Å². The Hall–Kier alpha value is -2.42. The summed E-state index contributed by atoms with van der Waals surface area (Å²) in [6.07, 6.45) is 4.03. The normalized spacial score (nSPS) is 10.6. The largest absolute Gasteiger partial charge is 0.497 e. The zero-order valence-corrected chi connectivity index (χ0v) is 11.9. The Labute approximate surface area is 119 Å². The Morgan fingerprint density at radius 2 is 1.50 bits per heavy atom. The first kappa shape index (κ1) is 14.0. The van der Waals surface area contributed by atoms with Gasteiger partial charge in [-0.15, -0.1) is 0 Å². The Bertz CT molecular complexity index is 586. The van der Waals surface area contributed by atoms with Crippen molar-refractivity contribution in [3.63, 3.8) is 0 Å². The van der Waals surface area contributed by atoms with Gasteiger partial charge in [0, 0.05) is 5.56 Å². The molecule has 0 saturated heterocycles. The van der Waals surface area contributed by atoms with Gasteiger partial charge in [-0.2, -0.15) is 0 Å². The van der Waals surface area contributed by atoms with Crippen molar-refractivity contribution in [2.75, 3.05) is 21.3 Å². The molecule has 0 heterocycles. The zero-order valence-electron chi connectivity index (χ0n) is 11.9. The minimum absolute atomic E-state index is 0.726. The Morgan fingerprint density at radius 1 is 0.750 bits per heavy atom. The summed E-state index contributed by atoms with van der Waals surface area (Å²) < 4.78 is 15.8. The first-order valence-electron chi connectivity index (χ1n) is 6.31. The highest BCUT2D eigenvalue weighted by molar-refractivity contribution is 5.74. The molecular formula is C17H18O3. The monoisotopic (exact) mass is 270 g/mol. The highest BCUT2D eigenvalue weighted by Crippen LogP contribution is 2.31. The van der Waals surface area contributed by atoms with E-state index in [1.54, 1.807) is 21.3 Å². The highest BCUT2D eigenvalue weighted by Gasteiger charge is 2.06. The maximum absolute atomic E-state index is 5.40. The number of rotatable bonds is 5. The molecule has 0 N–H and O–H groups in total. The highest BCUT2D eigenvalue weighted by atomic mass is 16.5. The molecule has 0 saturated carbocycles. The lowest BCUT2D eigenvalue weighted by Crippen LogP contribution is -1.92. The van der Waals surface area contributed by atoms with Crippen molar-refractivity contribution < 1.29 is 14.2 Å². The van der Waals surface area contributed by atoms with Crippen LogP contribution >= 0.6 is 0 Å². The van der Waals surface area contributed by atoms with Crippen LogP contribution in [0.25, 0.3) is 12.2 Å². The van der Waals surface area contributed by atoms with Gasteiger partial charge < -0.3 is 14.2 Å². The maximum Gasteiger partial charge on any atom is 0.167 e. The van der Waals surface area contributed by atoms with Crippen molar-refractivity contribution in [3.8, 4) is 17.2 Å². The third-order valence-electron chi connectivity index (χ3n) is 3.00. The van der Waals surface area contributed by atoms with Crippen molar-refractivity contribution in [2.45, 2.75) is 0 Å². The van der Waals surface area contributed by atoms with Crippen LogP contribution in [0.2, 0.25) is 0 Å². The van der Waals surface area contributed by atoms with E-state index in [9.17, 15) is 0 Å². The fraction of sp³-hybridized carbons (Fsp3) is 0.176. The third-order valence-corrected chi connectivity index (χ3v) is 3.00. The summed E-state index contributed by atoms with van der Waals surface area (Å²) in [6.45, 7) is 0. The lowest BCUT2D eigenvalue weighted by molar-refractivity contribution is 0.354.